The molecule has 0 N–H and O–H groups in total. The molecule has 2 atom stereocenters. The summed E-state index contributed by atoms with van der Waals surface area (Å²) in [4.78, 5) is 27.4. The number of amides is 2. The maximum absolute atomic E-state index is 12.1. The fraction of sp³-hybridized carbons (Fsp3) is 0.857. The first-order valence-corrected chi connectivity index (χ1v) is 10.1. The Morgan fingerprint density at radius 2 is 2.00 bits per heavy atom. The number of carbonyl (C=O) groups is 2. The van der Waals surface area contributed by atoms with Gasteiger partial charge < -0.3 is 14.5 Å². The van der Waals surface area contributed by atoms with Crippen LogP contribution in [0.5, 0.6) is 0 Å². The van der Waals surface area contributed by atoms with Gasteiger partial charge in [0.15, 0.2) is 0 Å². The van der Waals surface area contributed by atoms with Gasteiger partial charge in [-0.1, -0.05) is 0 Å². The standard InChI is InChI=1S/C14H23ClN2O5S/c1-14(2,3)22-13(19)16-5-4-11(8-16)17-7-10(6-12(17)18)9-23(15,20)21/h10-11H,4-9H2,1-3H3. The van der Waals surface area contributed by atoms with Crippen LogP contribution in [0.15, 0.2) is 0 Å². The van der Waals surface area contributed by atoms with E-state index in [-0.39, 0.29) is 36.1 Å². The summed E-state index contributed by atoms with van der Waals surface area (Å²) in [5, 5.41) is 0. The molecule has 0 saturated carbocycles. The largest absolute Gasteiger partial charge is 0.444 e. The topological polar surface area (TPSA) is 84.0 Å². The van der Waals surface area contributed by atoms with Crippen molar-refractivity contribution in [1.29, 1.82) is 0 Å². The molecular weight excluding hydrogens is 344 g/mol. The summed E-state index contributed by atoms with van der Waals surface area (Å²) in [6.07, 6.45) is 0.478. The van der Waals surface area contributed by atoms with Gasteiger partial charge in [0.05, 0.1) is 11.8 Å². The van der Waals surface area contributed by atoms with E-state index in [1.807, 2.05) is 0 Å². The van der Waals surface area contributed by atoms with E-state index < -0.39 is 14.7 Å². The summed E-state index contributed by atoms with van der Waals surface area (Å²) in [5.41, 5.74) is -0.557. The minimum absolute atomic E-state index is 0.0774. The molecule has 2 unspecified atom stereocenters. The smallest absolute Gasteiger partial charge is 0.410 e. The molecule has 0 aromatic heterocycles. The summed E-state index contributed by atoms with van der Waals surface area (Å²) < 4.78 is 27.7. The van der Waals surface area contributed by atoms with Crippen LogP contribution in [-0.4, -0.2) is 67.2 Å². The number of rotatable bonds is 3. The van der Waals surface area contributed by atoms with Crippen molar-refractivity contribution in [3.05, 3.63) is 0 Å². The molecule has 2 aliphatic rings. The van der Waals surface area contributed by atoms with E-state index in [9.17, 15) is 18.0 Å². The predicted octanol–water partition coefficient (Wildman–Crippen LogP) is 1.41. The van der Waals surface area contributed by atoms with Crippen molar-refractivity contribution in [2.45, 2.75) is 45.3 Å². The van der Waals surface area contributed by atoms with Crippen molar-refractivity contribution in [2.24, 2.45) is 5.92 Å². The minimum atomic E-state index is -3.61. The highest BCUT2D eigenvalue weighted by atomic mass is 35.7. The highest BCUT2D eigenvalue weighted by molar-refractivity contribution is 8.13. The van der Waals surface area contributed by atoms with E-state index in [1.165, 1.54) is 0 Å². The third-order valence-corrected chi connectivity index (χ3v) is 5.18. The molecule has 23 heavy (non-hydrogen) atoms. The van der Waals surface area contributed by atoms with Gasteiger partial charge in [0.25, 0.3) is 0 Å². The summed E-state index contributed by atoms with van der Waals surface area (Å²) in [6, 6.07) is -0.0851. The lowest BCUT2D eigenvalue weighted by atomic mass is 10.1. The second kappa shape index (κ2) is 6.47. The zero-order valence-corrected chi connectivity index (χ0v) is 15.2. The van der Waals surface area contributed by atoms with Crippen LogP contribution >= 0.6 is 10.7 Å². The molecule has 0 aromatic carbocycles. The predicted molar refractivity (Wildman–Crippen MR) is 85.7 cm³/mol. The van der Waals surface area contributed by atoms with Gasteiger partial charge in [-0.05, 0) is 27.2 Å². The normalized spacial score (nSPS) is 26.0. The number of carbonyl (C=O) groups excluding carboxylic acids is 2. The van der Waals surface area contributed by atoms with Crippen LogP contribution < -0.4 is 0 Å². The Hall–Kier alpha value is -1.02. The van der Waals surface area contributed by atoms with Crippen LogP contribution in [0.3, 0.4) is 0 Å². The van der Waals surface area contributed by atoms with Gasteiger partial charge in [0.1, 0.15) is 5.60 Å². The molecule has 2 heterocycles. The Labute approximate surface area is 141 Å². The van der Waals surface area contributed by atoms with Crippen LogP contribution in [0.1, 0.15) is 33.6 Å². The number of hydrogen-bond acceptors (Lipinski definition) is 5. The fourth-order valence-corrected chi connectivity index (χ4v) is 4.36. The van der Waals surface area contributed by atoms with E-state index in [0.29, 0.717) is 26.1 Å². The molecule has 0 spiro atoms. The van der Waals surface area contributed by atoms with Crippen LogP contribution in [0.4, 0.5) is 4.79 Å². The van der Waals surface area contributed by atoms with Gasteiger partial charge in [-0.3, -0.25) is 4.79 Å². The van der Waals surface area contributed by atoms with Crippen molar-refractivity contribution >= 4 is 31.7 Å². The lowest BCUT2D eigenvalue weighted by Crippen LogP contribution is -2.41. The molecule has 2 rings (SSSR count). The second-order valence-electron chi connectivity index (χ2n) is 7.19. The molecule has 0 radical (unpaired) electrons. The van der Waals surface area contributed by atoms with Crippen molar-refractivity contribution in [3.63, 3.8) is 0 Å². The zero-order valence-electron chi connectivity index (χ0n) is 13.6. The highest BCUT2D eigenvalue weighted by Crippen LogP contribution is 2.27. The molecule has 2 aliphatic heterocycles. The average Bonchev–Trinajstić information content (AvgIpc) is 2.91. The Balaban J connectivity index is 1.92. The summed E-state index contributed by atoms with van der Waals surface area (Å²) >= 11 is 0. The van der Waals surface area contributed by atoms with Crippen molar-refractivity contribution < 1.29 is 22.7 Å². The monoisotopic (exact) mass is 366 g/mol. The number of likely N-dealkylation sites (tertiary alicyclic amines) is 2. The maximum Gasteiger partial charge on any atom is 0.410 e. The molecule has 2 amide bonds. The lowest BCUT2D eigenvalue weighted by molar-refractivity contribution is -0.129. The number of ether oxygens (including phenoxy) is 1. The molecule has 7 nitrogen and oxygen atoms in total. The average molecular weight is 367 g/mol. The number of hydrogen-bond donors (Lipinski definition) is 0. The third kappa shape index (κ3) is 5.24. The van der Waals surface area contributed by atoms with Crippen molar-refractivity contribution in [3.8, 4) is 0 Å². The molecule has 132 valence electrons. The Morgan fingerprint density at radius 1 is 1.35 bits per heavy atom. The zero-order chi connectivity index (χ0) is 17.4. The first-order chi connectivity index (χ1) is 10.4. The summed E-state index contributed by atoms with van der Waals surface area (Å²) in [5.74, 6) is -0.550. The molecular formula is C14H23ClN2O5S. The van der Waals surface area contributed by atoms with E-state index in [4.69, 9.17) is 15.4 Å². The first kappa shape index (κ1) is 18.3. The Kier molecular flexibility index (Phi) is 5.15. The van der Waals surface area contributed by atoms with Crippen LogP contribution in [0.2, 0.25) is 0 Å². The van der Waals surface area contributed by atoms with E-state index in [0.717, 1.165) is 0 Å². The van der Waals surface area contributed by atoms with Gasteiger partial charge in [-0.25, -0.2) is 13.2 Å². The molecule has 2 saturated heterocycles. The van der Waals surface area contributed by atoms with E-state index >= 15 is 0 Å². The van der Waals surface area contributed by atoms with Crippen molar-refractivity contribution in [2.75, 3.05) is 25.4 Å². The van der Waals surface area contributed by atoms with Gasteiger partial charge in [-0.2, -0.15) is 0 Å². The highest BCUT2D eigenvalue weighted by Gasteiger charge is 2.40. The molecule has 2 fully saturated rings. The second-order valence-corrected chi connectivity index (χ2v) is 10.0. The number of nitrogens with zero attached hydrogens (tertiary/aromatic N) is 2. The van der Waals surface area contributed by atoms with E-state index in [2.05, 4.69) is 0 Å². The Morgan fingerprint density at radius 3 is 2.57 bits per heavy atom. The van der Waals surface area contributed by atoms with Gasteiger partial charge in [0, 0.05) is 42.7 Å². The maximum atomic E-state index is 12.1. The molecule has 0 aliphatic carbocycles. The van der Waals surface area contributed by atoms with Gasteiger partial charge in [0.2, 0.25) is 15.0 Å². The lowest BCUT2D eigenvalue weighted by Gasteiger charge is -2.26. The van der Waals surface area contributed by atoms with E-state index in [1.54, 1.807) is 30.6 Å². The summed E-state index contributed by atoms with van der Waals surface area (Å²) in [6.45, 7) is 6.74. The summed E-state index contributed by atoms with van der Waals surface area (Å²) in [7, 11) is 1.65. The quantitative estimate of drug-likeness (QED) is 0.705. The first-order valence-electron chi connectivity index (χ1n) is 7.64. The van der Waals surface area contributed by atoms with Crippen LogP contribution in [-0.2, 0) is 18.6 Å². The minimum Gasteiger partial charge on any atom is -0.444 e. The third-order valence-electron chi connectivity index (χ3n) is 3.93. The Bertz CT molecular complexity index is 586. The van der Waals surface area contributed by atoms with Gasteiger partial charge >= 0.3 is 6.09 Å². The van der Waals surface area contributed by atoms with Crippen molar-refractivity contribution in [1.82, 2.24) is 9.80 Å². The van der Waals surface area contributed by atoms with Crippen LogP contribution in [0.25, 0.3) is 0 Å². The van der Waals surface area contributed by atoms with Crippen LogP contribution in [0, 0.1) is 5.92 Å². The SMILES string of the molecule is CC(C)(C)OC(=O)N1CCC(N2CC(CS(=O)(=O)Cl)CC2=O)C1. The molecule has 9 heteroatoms. The molecule has 0 bridgehead atoms. The number of halogens is 1. The van der Waals surface area contributed by atoms with Gasteiger partial charge in [-0.15, -0.1) is 0 Å². The fourth-order valence-electron chi connectivity index (χ4n) is 3.04. The molecule has 0 aromatic rings.